The zero-order valence-corrected chi connectivity index (χ0v) is 9.07. The molecule has 0 saturated heterocycles. The highest BCUT2D eigenvalue weighted by Crippen LogP contribution is 2.27. The summed E-state index contributed by atoms with van der Waals surface area (Å²) >= 11 is 0. The van der Waals surface area contributed by atoms with Gasteiger partial charge in [0.05, 0.1) is 4.92 Å². The van der Waals surface area contributed by atoms with Crippen LogP contribution in [0.5, 0.6) is 0 Å². The van der Waals surface area contributed by atoms with E-state index in [0.29, 0.717) is 0 Å². The molecule has 2 aromatic rings. The number of benzene rings is 1. The van der Waals surface area contributed by atoms with Gasteiger partial charge in [-0.3, -0.25) is 10.1 Å². The van der Waals surface area contributed by atoms with Crippen molar-refractivity contribution in [2.24, 2.45) is 0 Å². The smallest absolute Gasteiger partial charge is 0.302 e. The minimum atomic E-state index is -0.616. The zero-order valence-electron chi connectivity index (χ0n) is 9.07. The quantitative estimate of drug-likeness (QED) is 0.591. The van der Waals surface area contributed by atoms with Crippen LogP contribution in [0.2, 0.25) is 0 Å². The number of nitriles is 2. The number of aromatic nitrogens is 1. The largest absolute Gasteiger partial charge is 0.310 e. The van der Waals surface area contributed by atoms with Crippen molar-refractivity contribution in [1.29, 1.82) is 10.5 Å². The monoisotopic (exact) mass is 238 g/mol. The average molecular weight is 238 g/mol. The Labute approximate surface area is 102 Å². The molecule has 1 aromatic heterocycles. The van der Waals surface area contributed by atoms with E-state index in [1.165, 1.54) is 16.7 Å². The van der Waals surface area contributed by atoms with Crippen molar-refractivity contribution in [1.82, 2.24) is 4.57 Å². The summed E-state index contributed by atoms with van der Waals surface area (Å²) in [6.45, 7) is 0. The van der Waals surface area contributed by atoms with Crippen molar-refractivity contribution in [2.75, 3.05) is 0 Å². The molecule has 0 spiro atoms. The van der Waals surface area contributed by atoms with Crippen molar-refractivity contribution in [2.45, 2.75) is 0 Å². The van der Waals surface area contributed by atoms with Crippen LogP contribution >= 0.6 is 0 Å². The second kappa shape index (κ2) is 4.40. The van der Waals surface area contributed by atoms with Crippen LogP contribution in [0.15, 0.2) is 36.5 Å². The van der Waals surface area contributed by atoms with Gasteiger partial charge in [0.25, 0.3) is 0 Å². The van der Waals surface area contributed by atoms with E-state index in [4.69, 9.17) is 10.5 Å². The van der Waals surface area contributed by atoms with Gasteiger partial charge in [0.1, 0.15) is 29.1 Å². The number of nitro groups is 1. The minimum Gasteiger partial charge on any atom is -0.302 e. The number of hydrogen-bond donors (Lipinski definition) is 0. The summed E-state index contributed by atoms with van der Waals surface area (Å²) in [5.41, 5.74) is 0.150. The molecule has 0 saturated carbocycles. The van der Waals surface area contributed by atoms with E-state index >= 15 is 0 Å². The number of nitrogens with zero attached hydrogens (tertiary/aromatic N) is 4. The lowest BCUT2D eigenvalue weighted by Gasteiger charge is -2.06. The summed E-state index contributed by atoms with van der Waals surface area (Å²) in [5.74, 6) is 0. The summed E-state index contributed by atoms with van der Waals surface area (Å²) < 4.78 is 1.39. The summed E-state index contributed by atoms with van der Waals surface area (Å²) in [6, 6.07) is 11.3. The van der Waals surface area contributed by atoms with E-state index in [2.05, 4.69) is 0 Å². The third kappa shape index (κ3) is 1.68. The Morgan fingerprint density at radius 3 is 2.56 bits per heavy atom. The molecule has 0 atom stereocenters. The first kappa shape index (κ1) is 11.4. The number of hydrogen-bond acceptors (Lipinski definition) is 4. The molecule has 0 aliphatic carbocycles. The Morgan fingerprint density at radius 1 is 1.17 bits per heavy atom. The van der Waals surface area contributed by atoms with E-state index in [9.17, 15) is 10.1 Å². The van der Waals surface area contributed by atoms with Gasteiger partial charge in [-0.15, -0.1) is 0 Å². The van der Waals surface area contributed by atoms with Gasteiger partial charge in [-0.2, -0.15) is 10.5 Å². The summed E-state index contributed by atoms with van der Waals surface area (Å²) in [4.78, 5) is 10.4. The fraction of sp³-hybridized carbons (Fsp3) is 0. The van der Waals surface area contributed by atoms with Gasteiger partial charge in [0.15, 0.2) is 0 Å². The number of rotatable bonds is 2. The molecule has 0 radical (unpaired) electrons. The van der Waals surface area contributed by atoms with Crippen LogP contribution in [0.3, 0.4) is 0 Å². The maximum atomic E-state index is 11.1. The van der Waals surface area contributed by atoms with Crippen LogP contribution in [-0.4, -0.2) is 9.49 Å². The molecule has 18 heavy (non-hydrogen) atoms. The van der Waals surface area contributed by atoms with E-state index in [-0.39, 0.29) is 22.6 Å². The molecule has 0 aliphatic heterocycles. The topological polar surface area (TPSA) is 95.7 Å². The minimum absolute atomic E-state index is 0.0323. The lowest BCUT2D eigenvalue weighted by molar-refractivity contribution is -0.384. The Balaban J connectivity index is 2.78. The molecule has 0 N–H and O–H groups in total. The zero-order chi connectivity index (χ0) is 13.1. The van der Waals surface area contributed by atoms with Gasteiger partial charge in [-0.25, -0.2) is 0 Å². The van der Waals surface area contributed by atoms with Gasteiger partial charge < -0.3 is 4.57 Å². The van der Waals surface area contributed by atoms with Gasteiger partial charge in [0, 0.05) is 6.20 Å². The normalized spacial score (nSPS) is 9.44. The van der Waals surface area contributed by atoms with Crippen molar-refractivity contribution >= 4 is 5.69 Å². The van der Waals surface area contributed by atoms with Crippen molar-refractivity contribution in [3.8, 4) is 17.8 Å². The van der Waals surface area contributed by atoms with Crippen LogP contribution in [-0.2, 0) is 0 Å². The molecule has 6 nitrogen and oxygen atoms in total. The third-order valence-corrected chi connectivity index (χ3v) is 2.44. The predicted molar refractivity (Wildman–Crippen MR) is 61.9 cm³/mol. The molecular formula is C12H6N4O2. The average Bonchev–Trinajstić information content (AvgIpc) is 2.85. The van der Waals surface area contributed by atoms with Gasteiger partial charge in [-0.1, -0.05) is 6.07 Å². The maximum Gasteiger partial charge on any atom is 0.310 e. The van der Waals surface area contributed by atoms with E-state index in [0.717, 1.165) is 0 Å². The van der Waals surface area contributed by atoms with Crippen LogP contribution in [0.1, 0.15) is 11.3 Å². The first-order chi connectivity index (χ1) is 8.69. The first-order valence-corrected chi connectivity index (χ1v) is 4.94. The molecule has 0 unspecified atom stereocenters. The lowest BCUT2D eigenvalue weighted by atomic mass is 10.1. The van der Waals surface area contributed by atoms with E-state index in [1.807, 2.05) is 6.07 Å². The predicted octanol–water partition coefficient (Wildman–Crippen LogP) is 2.13. The Kier molecular flexibility index (Phi) is 2.78. The van der Waals surface area contributed by atoms with E-state index in [1.54, 1.807) is 30.5 Å². The standard InChI is InChI=1S/C12H6N4O2/c13-7-9-3-1-5-11(12(9)16(17)18)15-6-2-4-10(15)8-14/h1-6H. The molecule has 0 amide bonds. The highest BCUT2D eigenvalue weighted by molar-refractivity contribution is 5.63. The Morgan fingerprint density at radius 2 is 1.94 bits per heavy atom. The molecule has 0 bridgehead atoms. The molecular weight excluding hydrogens is 232 g/mol. The molecule has 0 aliphatic rings. The van der Waals surface area contributed by atoms with Gasteiger partial charge in [-0.05, 0) is 24.3 Å². The SMILES string of the molecule is N#Cc1cccc(-n2cccc2C#N)c1[N+](=O)[O-]. The maximum absolute atomic E-state index is 11.1. The molecule has 1 aromatic carbocycles. The molecule has 86 valence electrons. The molecule has 6 heteroatoms. The summed E-state index contributed by atoms with van der Waals surface area (Å²) in [6.07, 6.45) is 1.54. The first-order valence-electron chi connectivity index (χ1n) is 4.94. The molecule has 0 fully saturated rings. The van der Waals surface area contributed by atoms with Gasteiger partial charge >= 0.3 is 5.69 Å². The fourth-order valence-electron chi connectivity index (χ4n) is 1.69. The second-order valence-corrected chi connectivity index (χ2v) is 3.42. The Hall–Kier alpha value is -3.12. The van der Waals surface area contributed by atoms with Crippen molar-refractivity contribution < 1.29 is 4.92 Å². The number of para-hydroxylation sites is 1. The van der Waals surface area contributed by atoms with E-state index < -0.39 is 4.92 Å². The van der Waals surface area contributed by atoms with Crippen molar-refractivity contribution in [3.63, 3.8) is 0 Å². The third-order valence-electron chi connectivity index (χ3n) is 2.44. The molecule has 1 heterocycles. The summed E-state index contributed by atoms with van der Waals surface area (Å²) in [5, 5.41) is 28.9. The fourth-order valence-corrected chi connectivity index (χ4v) is 1.69. The molecule has 2 rings (SSSR count). The number of nitro benzene ring substituents is 1. The lowest BCUT2D eigenvalue weighted by Crippen LogP contribution is -2.02. The summed E-state index contributed by atoms with van der Waals surface area (Å²) in [7, 11) is 0. The van der Waals surface area contributed by atoms with Crippen LogP contribution < -0.4 is 0 Å². The van der Waals surface area contributed by atoms with Crippen LogP contribution in [0.25, 0.3) is 5.69 Å². The van der Waals surface area contributed by atoms with Gasteiger partial charge in [0.2, 0.25) is 0 Å². The Bertz CT molecular complexity index is 704. The van der Waals surface area contributed by atoms with Crippen LogP contribution in [0, 0.1) is 32.8 Å². The van der Waals surface area contributed by atoms with Crippen molar-refractivity contribution in [3.05, 3.63) is 57.9 Å². The highest BCUT2D eigenvalue weighted by atomic mass is 16.6. The highest BCUT2D eigenvalue weighted by Gasteiger charge is 2.21. The van der Waals surface area contributed by atoms with Crippen LogP contribution in [0.4, 0.5) is 5.69 Å². The second-order valence-electron chi connectivity index (χ2n) is 3.42.